The molecule has 4 nitrogen and oxygen atoms in total. The topological polar surface area (TPSA) is 61.7 Å². The van der Waals surface area contributed by atoms with Gasteiger partial charge in [0.05, 0.1) is 6.10 Å². The van der Waals surface area contributed by atoms with Gasteiger partial charge in [-0.05, 0) is 30.9 Å². The van der Waals surface area contributed by atoms with E-state index in [1.54, 1.807) is 0 Å². The van der Waals surface area contributed by atoms with Gasteiger partial charge in [-0.15, -0.1) is 0 Å². The minimum Gasteiger partial charge on any atom is -0.491 e. The number of hydrogen-bond donors (Lipinski definition) is 3. The van der Waals surface area contributed by atoms with Gasteiger partial charge in [0, 0.05) is 13.1 Å². The Bertz CT molecular complexity index is 397. The van der Waals surface area contributed by atoms with Gasteiger partial charge in [0.1, 0.15) is 18.5 Å². The van der Waals surface area contributed by atoms with Crippen molar-refractivity contribution in [3.05, 3.63) is 29.8 Å². The summed E-state index contributed by atoms with van der Waals surface area (Å²) in [6.07, 6.45) is -0.251. The van der Waals surface area contributed by atoms with Crippen LogP contribution in [0.2, 0.25) is 0 Å². The number of nitrogens with one attached hydrogen (secondary N) is 1. The minimum absolute atomic E-state index is 0.105. The highest BCUT2D eigenvalue weighted by Gasteiger charge is 2.16. The fourth-order valence-corrected chi connectivity index (χ4v) is 2.08. The lowest BCUT2D eigenvalue weighted by atomic mass is 9.89. The lowest BCUT2D eigenvalue weighted by molar-refractivity contribution is 0.0907. The van der Waals surface area contributed by atoms with E-state index in [9.17, 15) is 10.2 Å². The fraction of sp³-hybridized carbons (Fsp3) is 0.647. The molecule has 0 spiro atoms. The zero-order chi connectivity index (χ0) is 15.9. The van der Waals surface area contributed by atoms with Gasteiger partial charge in [0.15, 0.2) is 0 Å². The van der Waals surface area contributed by atoms with Gasteiger partial charge in [0.25, 0.3) is 0 Å². The highest BCUT2D eigenvalue weighted by atomic mass is 16.5. The number of benzene rings is 1. The van der Waals surface area contributed by atoms with Gasteiger partial charge >= 0.3 is 0 Å². The maximum absolute atomic E-state index is 9.86. The molecule has 4 heteroatoms. The van der Waals surface area contributed by atoms with Crippen LogP contribution in [0.15, 0.2) is 24.3 Å². The highest BCUT2D eigenvalue weighted by Crippen LogP contribution is 2.20. The summed E-state index contributed by atoms with van der Waals surface area (Å²) < 4.78 is 5.51. The molecule has 1 rings (SSSR count). The van der Waals surface area contributed by atoms with Crippen LogP contribution in [0.25, 0.3) is 0 Å². The van der Waals surface area contributed by atoms with E-state index in [1.165, 1.54) is 5.56 Å². The van der Waals surface area contributed by atoms with Crippen LogP contribution in [-0.2, 0) is 0 Å². The van der Waals surface area contributed by atoms with Crippen molar-refractivity contribution in [3.8, 4) is 5.75 Å². The Labute approximate surface area is 128 Å². The Morgan fingerprint density at radius 1 is 1.05 bits per heavy atom. The van der Waals surface area contributed by atoms with E-state index in [4.69, 9.17) is 4.74 Å². The van der Waals surface area contributed by atoms with E-state index in [0.717, 1.165) is 12.2 Å². The maximum atomic E-state index is 9.86. The van der Waals surface area contributed by atoms with Gasteiger partial charge in [-0.2, -0.15) is 0 Å². The molecule has 0 radical (unpaired) electrons. The average Bonchev–Trinajstić information content (AvgIpc) is 2.36. The van der Waals surface area contributed by atoms with Crippen LogP contribution < -0.4 is 10.1 Å². The van der Waals surface area contributed by atoms with Crippen LogP contribution in [0, 0.1) is 12.3 Å². The van der Waals surface area contributed by atoms with Crippen molar-refractivity contribution in [2.75, 3.05) is 19.7 Å². The van der Waals surface area contributed by atoms with E-state index in [1.807, 2.05) is 31.2 Å². The summed E-state index contributed by atoms with van der Waals surface area (Å²) in [4.78, 5) is 0. The number of aryl methyl sites for hydroxylation is 1. The van der Waals surface area contributed by atoms with Gasteiger partial charge < -0.3 is 20.3 Å². The van der Waals surface area contributed by atoms with Crippen LogP contribution in [-0.4, -0.2) is 42.1 Å². The second-order valence-corrected chi connectivity index (χ2v) is 6.85. The van der Waals surface area contributed by atoms with Crippen molar-refractivity contribution >= 4 is 0 Å². The summed E-state index contributed by atoms with van der Waals surface area (Å²) in [5.74, 6) is 0.757. The van der Waals surface area contributed by atoms with Crippen molar-refractivity contribution in [2.45, 2.75) is 46.3 Å². The second-order valence-electron chi connectivity index (χ2n) is 6.85. The molecular weight excluding hydrogens is 266 g/mol. The molecule has 0 amide bonds. The highest BCUT2D eigenvalue weighted by molar-refractivity contribution is 5.26. The zero-order valence-corrected chi connectivity index (χ0v) is 13.6. The quantitative estimate of drug-likeness (QED) is 0.687. The molecule has 3 N–H and O–H groups in total. The SMILES string of the molecule is Cc1ccc(OCC(O)CNCC(O)CC(C)(C)C)cc1. The standard InChI is InChI=1S/C17H29NO3/c1-13-5-7-16(8-6-13)21-12-15(20)11-18-10-14(19)9-17(2,3)4/h5-8,14-15,18-20H,9-12H2,1-4H3. The molecular formula is C17H29NO3. The third kappa shape index (κ3) is 8.71. The molecule has 0 heterocycles. The molecule has 120 valence electrons. The Kier molecular flexibility index (Phi) is 7.15. The summed E-state index contributed by atoms with van der Waals surface area (Å²) >= 11 is 0. The molecule has 0 bridgehead atoms. The predicted octanol–water partition coefficient (Wildman–Crippen LogP) is 2.12. The number of hydrogen-bond acceptors (Lipinski definition) is 4. The van der Waals surface area contributed by atoms with Crippen molar-refractivity contribution in [3.63, 3.8) is 0 Å². The first-order chi connectivity index (χ1) is 9.76. The third-order valence-electron chi connectivity index (χ3n) is 3.07. The number of aliphatic hydroxyl groups is 2. The van der Waals surface area contributed by atoms with Crippen molar-refractivity contribution in [2.24, 2.45) is 5.41 Å². The first-order valence-electron chi connectivity index (χ1n) is 7.52. The monoisotopic (exact) mass is 295 g/mol. The molecule has 0 aromatic heterocycles. The second kappa shape index (κ2) is 8.37. The predicted molar refractivity (Wildman–Crippen MR) is 85.6 cm³/mol. The van der Waals surface area contributed by atoms with Gasteiger partial charge in [-0.1, -0.05) is 38.5 Å². The molecule has 0 aliphatic carbocycles. The average molecular weight is 295 g/mol. The lowest BCUT2D eigenvalue weighted by Gasteiger charge is -2.23. The molecule has 0 saturated heterocycles. The molecule has 2 atom stereocenters. The fourth-order valence-electron chi connectivity index (χ4n) is 2.08. The molecule has 0 saturated carbocycles. The zero-order valence-electron chi connectivity index (χ0n) is 13.6. The Hall–Kier alpha value is -1.10. The minimum atomic E-state index is -0.590. The van der Waals surface area contributed by atoms with Crippen molar-refractivity contribution in [1.29, 1.82) is 0 Å². The first-order valence-corrected chi connectivity index (χ1v) is 7.52. The van der Waals surface area contributed by atoms with Gasteiger partial charge in [0.2, 0.25) is 0 Å². The third-order valence-corrected chi connectivity index (χ3v) is 3.07. The summed E-state index contributed by atoms with van der Waals surface area (Å²) in [6.45, 7) is 9.45. The molecule has 1 aromatic carbocycles. The van der Waals surface area contributed by atoms with E-state index < -0.39 is 12.2 Å². The Morgan fingerprint density at radius 2 is 1.62 bits per heavy atom. The Morgan fingerprint density at radius 3 is 2.19 bits per heavy atom. The van der Waals surface area contributed by atoms with E-state index in [0.29, 0.717) is 13.1 Å². The van der Waals surface area contributed by atoms with Crippen molar-refractivity contribution in [1.82, 2.24) is 5.32 Å². The van der Waals surface area contributed by atoms with Gasteiger partial charge in [-0.3, -0.25) is 0 Å². The molecule has 21 heavy (non-hydrogen) atoms. The van der Waals surface area contributed by atoms with E-state index >= 15 is 0 Å². The van der Waals surface area contributed by atoms with Crippen LogP contribution in [0.3, 0.4) is 0 Å². The Balaban J connectivity index is 2.16. The summed E-state index contributed by atoms with van der Waals surface area (Å²) in [7, 11) is 0. The molecule has 2 unspecified atom stereocenters. The molecule has 0 aliphatic rings. The normalized spacial score (nSPS) is 14.8. The summed E-state index contributed by atoms with van der Waals surface area (Å²) in [5.41, 5.74) is 1.28. The smallest absolute Gasteiger partial charge is 0.119 e. The lowest BCUT2D eigenvalue weighted by Crippen LogP contribution is -2.37. The summed E-state index contributed by atoms with van der Waals surface area (Å²) in [5, 5.41) is 22.8. The van der Waals surface area contributed by atoms with Crippen LogP contribution in [0.1, 0.15) is 32.8 Å². The largest absolute Gasteiger partial charge is 0.491 e. The van der Waals surface area contributed by atoms with Crippen LogP contribution in [0.4, 0.5) is 0 Å². The number of ether oxygens (including phenoxy) is 1. The van der Waals surface area contributed by atoms with E-state index in [2.05, 4.69) is 26.1 Å². The van der Waals surface area contributed by atoms with Crippen molar-refractivity contribution < 1.29 is 14.9 Å². The summed E-state index contributed by atoms with van der Waals surface area (Å²) in [6, 6.07) is 7.73. The van der Waals surface area contributed by atoms with Crippen LogP contribution in [0.5, 0.6) is 5.75 Å². The molecule has 0 fully saturated rings. The molecule has 1 aromatic rings. The maximum Gasteiger partial charge on any atom is 0.119 e. The van der Waals surface area contributed by atoms with Crippen LogP contribution >= 0.6 is 0 Å². The first kappa shape index (κ1) is 18.0. The number of aliphatic hydroxyl groups excluding tert-OH is 2. The number of rotatable bonds is 8. The van der Waals surface area contributed by atoms with E-state index in [-0.39, 0.29) is 12.0 Å². The molecule has 0 aliphatic heterocycles. The van der Waals surface area contributed by atoms with Gasteiger partial charge in [-0.25, -0.2) is 0 Å².